The molecule has 0 saturated carbocycles. The van der Waals surface area contributed by atoms with Crippen molar-refractivity contribution < 1.29 is 27.9 Å². The fraction of sp³-hybridized carbons (Fsp3) is 0.455. The number of carboxylic acids is 1. The van der Waals surface area contributed by atoms with Crippen molar-refractivity contribution in [1.29, 1.82) is 0 Å². The number of hydrogen-bond donors (Lipinski definition) is 1. The molecule has 0 aliphatic rings. The molecule has 106 valence electrons. The summed E-state index contributed by atoms with van der Waals surface area (Å²) in [5, 5.41) is 8.82. The minimum absolute atomic E-state index is 0.0952. The molecule has 0 aromatic carbocycles. The van der Waals surface area contributed by atoms with Gasteiger partial charge in [0.25, 0.3) is 0 Å². The molecule has 0 bridgehead atoms. The first-order valence-corrected chi connectivity index (χ1v) is 5.47. The molecule has 1 N–H and O–H groups in total. The third-order valence-corrected chi connectivity index (χ3v) is 2.46. The first-order valence-electron chi connectivity index (χ1n) is 5.47. The smallest absolute Gasteiger partial charge is 0.406 e. The van der Waals surface area contributed by atoms with Gasteiger partial charge < -0.3 is 14.6 Å². The fourth-order valence-corrected chi connectivity index (χ4v) is 1.58. The van der Waals surface area contributed by atoms with Gasteiger partial charge in [-0.15, -0.1) is 0 Å². The van der Waals surface area contributed by atoms with Crippen molar-refractivity contribution in [2.45, 2.75) is 19.6 Å². The minimum atomic E-state index is -4.47. The van der Waals surface area contributed by atoms with Crippen LogP contribution in [0.25, 0.3) is 0 Å². The van der Waals surface area contributed by atoms with Crippen LogP contribution in [-0.4, -0.2) is 45.7 Å². The lowest BCUT2D eigenvalue weighted by molar-refractivity contribution is -0.161. The van der Waals surface area contributed by atoms with E-state index in [1.165, 1.54) is 25.3 Å². The van der Waals surface area contributed by atoms with Crippen LogP contribution in [0.5, 0.6) is 0 Å². The molecule has 0 unspecified atom stereocenters. The van der Waals surface area contributed by atoms with Crippen LogP contribution >= 0.6 is 0 Å². The maximum Gasteiger partial charge on any atom is 0.406 e. The number of aromatic carboxylic acids is 1. The predicted octanol–water partition coefficient (Wildman–Crippen LogP) is 1.60. The lowest BCUT2D eigenvalue weighted by Crippen LogP contribution is -2.40. The SMILES string of the molecule is CCN(CC(F)(F)F)C(=O)Cn1cccc1C(=O)O. The highest BCUT2D eigenvalue weighted by Gasteiger charge is 2.32. The zero-order valence-corrected chi connectivity index (χ0v) is 10.1. The van der Waals surface area contributed by atoms with E-state index in [1.807, 2.05) is 0 Å². The summed E-state index contributed by atoms with van der Waals surface area (Å²) in [4.78, 5) is 23.1. The van der Waals surface area contributed by atoms with Gasteiger partial charge in [0.2, 0.25) is 5.91 Å². The Morgan fingerprint density at radius 1 is 1.42 bits per heavy atom. The van der Waals surface area contributed by atoms with Crippen molar-refractivity contribution in [2.75, 3.05) is 13.1 Å². The standard InChI is InChI=1S/C11H13F3N2O3/c1-2-15(7-11(12,13)14)9(17)6-16-5-3-4-8(16)10(18)19/h3-5H,2,6-7H2,1H3,(H,18,19). The molecule has 19 heavy (non-hydrogen) atoms. The van der Waals surface area contributed by atoms with Crippen molar-refractivity contribution in [3.63, 3.8) is 0 Å². The Hall–Kier alpha value is -1.99. The Labute approximate surface area is 107 Å². The number of carbonyl (C=O) groups excluding carboxylic acids is 1. The van der Waals surface area contributed by atoms with E-state index in [1.54, 1.807) is 0 Å². The number of carboxylic acid groups (broad SMARTS) is 1. The molecule has 5 nitrogen and oxygen atoms in total. The summed E-state index contributed by atoms with van der Waals surface area (Å²) < 4.78 is 37.8. The van der Waals surface area contributed by atoms with Gasteiger partial charge in [0.1, 0.15) is 18.8 Å². The molecule has 1 amide bonds. The molecule has 0 aliphatic heterocycles. The van der Waals surface area contributed by atoms with E-state index in [9.17, 15) is 22.8 Å². The minimum Gasteiger partial charge on any atom is -0.477 e. The molecule has 1 rings (SSSR count). The molecule has 0 radical (unpaired) electrons. The van der Waals surface area contributed by atoms with E-state index in [0.29, 0.717) is 4.90 Å². The van der Waals surface area contributed by atoms with Gasteiger partial charge in [-0.1, -0.05) is 0 Å². The van der Waals surface area contributed by atoms with Crippen LogP contribution in [0.15, 0.2) is 18.3 Å². The molecule has 1 aromatic heterocycles. The molecule has 1 heterocycles. The van der Waals surface area contributed by atoms with Crippen LogP contribution in [0.1, 0.15) is 17.4 Å². The van der Waals surface area contributed by atoms with Gasteiger partial charge in [-0.05, 0) is 19.1 Å². The number of likely N-dealkylation sites (N-methyl/N-ethyl adjacent to an activating group) is 1. The van der Waals surface area contributed by atoms with Gasteiger partial charge in [0, 0.05) is 12.7 Å². The van der Waals surface area contributed by atoms with Gasteiger partial charge in [-0.25, -0.2) is 4.79 Å². The van der Waals surface area contributed by atoms with Crippen LogP contribution in [-0.2, 0) is 11.3 Å². The van der Waals surface area contributed by atoms with Crippen LogP contribution in [0, 0.1) is 0 Å². The monoisotopic (exact) mass is 278 g/mol. The van der Waals surface area contributed by atoms with Crippen LogP contribution < -0.4 is 0 Å². The summed E-state index contributed by atoms with van der Waals surface area (Å²) in [7, 11) is 0. The number of hydrogen-bond acceptors (Lipinski definition) is 2. The van der Waals surface area contributed by atoms with Crippen LogP contribution in [0.2, 0.25) is 0 Å². The maximum absolute atomic E-state index is 12.2. The highest BCUT2D eigenvalue weighted by molar-refractivity contribution is 5.86. The average Bonchev–Trinajstić information content (AvgIpc) is 2.72. The van der Waals surface area contributed by atoms with E-state index < -0.39 is 31.1 Å². The van der Waals surface area contributed by atoms with Crippen molar-refractivity contribution >= 4 is 11.9 Å². The molecule has 0 atom stereocenters. The van der Waals surface area contributed by atoms with E-state index in [-0.39, 0.29) is 12.2 Å². The third kappa shape index (κ3) is 4.31. The summed E-state index contributed by atoms with van der Waals surface area (Å²) in [6.07, 6.45) is -3.14. The second-order valence-electron chi connectivity index (χ2n) is 3.85. The van der Waals surface area contributed by atoms with E-state index >= 15 is 0 Å². The number of halogens is 3. The van der Waals surface area contributed by atoms with Gasteiger partial charge in [-0.3, -0.25) is 4.79 Å². The summed E-state index contributed by atoms with van der Waals surface area (Å²) in [6.45, 7) is -0.440. The summed E-state index contributed by atoms with van der Waals surface area (Å²) >= 11 is 0. The van der Waals surface area contributed by atoms with Crippen molar-refractivity contribution in [1.82, 2.24) is 9.47 Å². The summed E-state index contributed by atoms with van der Waals surface area (Å²) in [5.41, 5.74) is -0.142. The number of rotatable bonds is 5. The van der Waals surface area contributed by atoms with Crippen LogP contribution in [0.3, 0.4) is 0 Å². The number of nitrogens with zero attached hydrogens (tertiary/aromatic N) is 2. The Morgan fingerprint density at radius 3 is 2.53 bits per heavy atom. The molecule has 0 fully saturated rings. The fourth-order valence-electron chi connectivity index (χ4n) is 1.58. The van der Waals surface area contributed by atoms with Crippen molar-refractivity contribution in [3.05, 3.63) is 24.0 Å². The molecule has 0 spiro atoms. The highest BCUT2D eigenvalue weighted by Crippen LogP contribution is 2.16. The van der Waals surface area contributed by atoms with E-state index in [2.05, 4.69) is 0 Å². The second kappa shape index (κ2) is 5.77. The Balaban J connectivity index is 2.77. The molecule has 0 aliphatic carbocycles. The Kier molecular flexibility index (Phi) is 4.57. The van der Waals surface area contributed by atoms with Crippen molar-refractivity contribution in [2.24, 2.45) is 0 Å². The quantitative estimate of drug-likeness (QED) is 0.889. The first kappa shape index (κ1) is 15.1. The largest absolute Gasteiger partial charge is 0.477 e. The highest BCUT2D eigenvalue weighted by atomic mass is 19.4. The maximum atomic E-state index is 12.2. The molecular formula is C11H13F3N2O3. The molecular weight excluding hydrogens is 265 g/mol. The summed E-state index contributed by atoms with van der Waals surface area (Å²) in [5.74, 6) is -2.02. The zero-order valence-electron chi connectivity index (χ0n) is 10.1. The Morgan fingerprint density at radius 2 is 2.05 bits per heavy atom. The van der Waals surface area contributed by atoms with Crippen LogP contribution in [0.4, 0.5) is 13.2 Å². The van der Waals surface area contributed by atoms with E-state index in [0.717, 1.165) is 4.57 Å². The molecule has 1 aromatic rings. The van der Waals surface area contributed by atoms with Gasteiger partial charge in [0.15, 0.2) is 0 Å². The zero-order chi connectivity index (χ0) is 14.6. The van der Waals surface area contributed by atoms with Gasteiger partial charge >= 0.3 is 12.1 Å². The van der Waals surface area contributed by atoms with E-state index in [4.69, 9.17) is 5.11 Å². The van der Waals surface area contributed by atoms with Crippen molar-refractivity contribution in [3.8, 4) is 0 Å². The Bertz CT molecular complexity index is 468. The van der Waals surface area contributed by atoms with Gasteiger partial charge in [0.05, 0.1) is 0 Å². The normalized spacial score (nSPS) is 11.4. The predicted molar refractivity (Wildman–Crippen MR) is 59.7 cm³/mol. The second-order valence-corrected chi connectivity index (χ2v) is 3.85. The number of carbonyl (C=O) groups is 2. The average molecular weight is 278 g/mol. The number of alkyl halides is 3. The molecule has 8 heteroatoms. The number of amides is 1. The first-order chi connectivity index (χ1) is 8.74. The topological polar surface area (TPSA) is 62.5 Å². The lowest BCUT2D eigenvalue weighted by Gasteiger charge is -2.22. The lowest BCUT2D eigenvalue weighted by atomic mass is 10.4. The third-order valence-electron chi connectivity index (χ3n) is 2.46. The summed E-state index contributed by atoms with van der Waals surface area (Å²) in [6, 6.07) is 2.69. The molecule has 0 saturated heterocycles. The van der Waals surface area contributed by atoms with Gasteiger partial charge in [-0.2, -0.15) is 13.2 Å². The number of aromatic nitrogens is 1.